The van der Waals surface area contributed by atoms with Gasteiger partial charge in [0.05, 0.1) is 24.7 Å². The fraction of sp³-hybridized carbons (Fsp3) is 0.158. The molecule has 3 rings (SSSR count). The van der Waals surface area contributed by atoms with Crippen LogP contribution in [-0.2, 0) is 4.79 Å². The van der Waals surface area contributed by atoms with E-state index in [4.69, 9.17) is 4.74 Å². The summed E-state index contributed by atoms with van der Waals surface area (Å²) in [5.74, 6) is -0.460. The first-order valence-corrected chi connectivity index (χ1v) is 8.15. The van der Waals surface area contributed by atoms with E-state index in [9.17, 15) is 14.0 Å². The van der Waals surface area contributed by atoms with E-state index in [1.54, 1.807) is 37.4 Å². The molecule has 27 heavy (non-hydrogen) atoms. The number of anilines is 1. The van der Waals surface area contributed by atoms with Crippen LogP contribution in [0.1, 0.15) is 13.0 Å². The van der Waals surface area contributed by atoms with Crippen molar-refractivity contribution in [2.45, 2.75) is 13.0 Å². The quantitative estimate of drug-likeness (QED) is 0.748. The first-order chi connectivity index (χ1) is 13.0. The number of para-hydroxylation sites is 1. The molecule has 138 valence electrons. The molecule has 0 aliphatic rings. The maximum absolute atomic E-state index is 13.7. The Labute approximate surface area is 154 Å². The summed E-state index contributed by atoms with van der Waals surface area (Å²) in [5.41, 5.74) is 0.418. The number of hydrogen-bond acceptors (Lipinski definition) is 5. The van der Waals surface area contributed by atoms with E-state index in [2.05, 4.69) is 15.4 Å². The zero-order valence-corrected chi connectivity index (χ0v) is 14.7. The van der Waals surface area contributed by atoms with Crippen LogP contribution in [0.15, 0.2) is 59.5 Å². The van der Waals surface area contributed by atoms with Gasteiger partial charge >= 0.3 is 5.69 Å². The molecule has 8 heteroatoms. The molecule has 1 unspecified atom stereocenters. The van der Waals surface area contributed by atoms with Crippen molar-refractivity contribution in [3.63, 3.8) is 0 Å². The molecule has 1 aromatic heterocycles. The lowest BCUT2D eigenvalue weighted by Gasteiger charge is -2.14. The molecule has 0 saturated heterocycles. The third-order valence-electron chi connectivity index (χ3n) is 3.98. The maximum Gasteiger partial charge on any atom is 0.365 e. The van der Waals surface area contributed by atoms with Crippen molar-refractivity contribution in [1.29, 1.82) is 0 Å². The second-order valence-corrected chi connectivity index (χ2v) is 5.74. The molecule has 1 heterocycles. The predicted molar refractivity (Wildman–Crippen MR) is 98.0 cm³/mol. The molecule has 0 saturated carbocycles. The van der Waals surface area contributed by atoms with E-state index in [-0.39, 0.29) is 5.69 Å². The fourth-order valence-electron chi connectivity index (χ4n) is 2.43. The lowest BCUT2D eigenvalue weighted by molar-refractivity contribution is -0.119. The van der Waals surface area contributed by atoms with Crippen LogP contribution in [0.4, 0.5) is 10.1 Å². The Morgan fingerprint density at radius 1 is 1.19 bits per heavy atom. The Bertz CT molecular complexity index is 1020. The topological polar surface area (TPSA) is 86.1 Å². The van der Waals surface area contributed by atoms with Gasteiger partial charge in [-0.05, 0) is 43.3 Å². The zero-order chi connectivity index (χ0) is 19.4. The van der Waals surface area contributed by atoms with Gasteiger partial charge in [0.15, 0.2) is 0 Å². The van der Waals surface area contributed by atoms with Crippen LogP contribution in [0, 0.1) is 5.82 Å². The molecule has 0 fully saturated rings. The number of hydrogen-bond donors (Lipinski definition) is 1. The second-order valence-electron chi connectivity index (χ2n) is 5.74. The summed E-state index contributed by atoms with van der Waals surface area (Å²) >= 11 is 0. The minimum atomic E-state index is -0.963. The summed E-state index contributed by atoms with van der Waals surface area (Å²) in [7, 11) is 1.56. The molecule has 0 aliphatic carbocycles. The van der Waals surface area contributed by atoms with Gasteiger partial charge in [0.2, 0.25) is 5.91 Å². The van der Waals surface area contributed by atoms with Crippen LogP contribution >= 0.6 is 0 Å². The SMILES string of the molecule is COc1ccc(-c2cnn(C(C)C(=O)Nc3ccccc3F)c(=O)n2)cc1. The van der Waals surface area contributed by atoms with Gasteiger partial charge in [-0.2, -0.15) is 10.1 Å². The van der Waals surface area contributed by atoms with Gasteiger partial charge in [-0.25, -0.2) is 13.9 Å². The van der Waals surface area contributed by atoms with Crippen molar-refractivity contribution >= 4 is 11.6 Å². The molecule has 7 nitrogen and oxygen atoms in total. The number of amides is 1. The summed E-state index contributed by atoms with van der Waals surface area (Å²) < 4.78 is 19.7. The van der Waals surface area contributed by atoms with Gasteiger partial charge in [-0.3, -0.25) is 4.79 Å². The lowest BCUT2D eigenvalue weighted by Crippen LogP contribution is -2.35. The van der Waals surface area contributed by atoms with E-state index < -0.39 is 23.5 Å². The van der Waals surface area contributed by atoms with Gasteiger partial charge in [-0.1, -0.05) is 12.1 Å². The molecular weight excluding hydrogens is 351 g/mol. The number of methoxy groups -OCH3 is 1. The number of ether oxygens (including phenoxy) is 1. The van der Waals surface area contributed by atoms with E-state index in [1.807, 2.05) is 0 Å². The van der Waals surface area contributed by atoms with E-state index in [0.29, 0.717) is 17.0 Å². The van der Waals surface area contributed by atoms with Gasteiger partial charge in [-0.15, -0.1) is 0 Å². The maximum atomic E-state index is 13.7. The molecule has 1 atom stereocenters. The molecule has 1 amide bonds. The smallest absolute Gasteiger partial charge is 0.365 e. The van der Waals surface area contributed by atoms with E-state index >= 15 is 0 Å². The van der Waals surface area contributed by atoms with Crippen LogP contribution in [0.5, 0.6) is 5.75 Å². The second kappa shape index (κ2) is 7.77. The third-order valence-corrected chi connectivity index (χ3v) is 3.98. The Kier molecular flexibility index (Phi) is 5.25. The Hall–Kier alpha value is -3.55. The first-order valence-electron chi connectivity index (χ1n) is 8.15. The van der Waals surface area contributed by atoms with Crippen molar-refractivity contribution in [3.8, 4) is 17.0 Å². The first kappa shape index (κ1) is 18.2. The van der Waals surface area contributed by atoms with Gasteiger partial charge in [0, 0.05) is 5.56 Å². The molecule has 2 aromatic carbocycles. The van der Waals surface area contributed by atoms with Crippen molar-refractivity contribution in [1.82, 2.24) is 14.8 Å². The van der Waals surface area contributed by atoms with Gasteiger partial charge in [0.25, 0.3) is 0 Å². The number of nitrogens with zero attached hydrogens (tertiary/aromatic N) is 3. The fourth-order valence-corrected chi connectivity index (χ4v) is 2.43. The number of carbonyl (C=O) groups is 1. The minimum Gasteiger partial charge on any atom is -0.497 e. The summed E-state index contributed by atoms with van der Waals surface area (Å²) in [4.78, 5) is 28.6. The summed E-state index contributed by atoms with van der Waals surface area (Å²) in [6.45, 7) is 1.49. The van der Waals surface area contributed by atoms with E-state index in [0.717, 1.165) is 4.68 Å². The highest BCUT2D eigenvalue weighted by Gasteiger charge is 2.19. The van der Waals surface area contributed by atoms with Crippen molar-refractivity contribution < 1.29 is 13.9 Å². The average molecular weight is 368 g/mol. The Morgan fingerprint density at radius 3 is 2.52 bits per heavy atom. The Balaban J connectivity index is 1.81. The number of aromatic nitrogens is 3. The lowest BCUT2D eigenvalue weighted by atomic mass is 10.1. The highest BCUT2D eigenvalue weighted by Crippen LogP contribution is 2.19. The van der Waals surface area contributed by atoms with Crippen LogP contribution in [0.3, 0.4) is 0 Å². The predicted octanol–water partition coefficient (Wildman–Crippen LogP) is 2.65. The molecule has 0 bridgehead atoms. The van der Waals surface area contributed by atoms with Gasteiger partial charge < -0.3 is 10.1 Å². The number of rotatable bonds is 5. The van der Waals surface area contributed by atoms with E-state index in [1.165, 1.54) is 31.3 Å². The highest BCUT2D eigenvalue weighted by molar-refractivity contribution is 5.93. The van der Waals surface area contributed by atoms with Gasteiger partial charge in [0.1, 0.15) is 17.6 Å². The highest BCUT2D eigenvalue weighted by atomic mass is 19.1. The number of nitrogens with one attached hydrogen (secondary N) is 1. The number of carbonyl (C=O) groups excluding carboxylic acids is 1. The van der Waals surface area contributed by atoms with Crippen LogP contribution in [-0.4, -0.2) is 27.8 Å². The van der Waals surface area contributed by atoms with Crippen molar-refractivity contribution in [3.05, 3.63) is 71.0 Å². The molecule has 0 radical (unpaired) electrons. The molecule has 0 spiro atoms. The number of halogens is 1. The standard InChI is InChI=1S/C19H17FN4O3/c1-12(18(25)22-16-6-4-3-5-15(16)20)24-19(26)23-17(11-21-24)13-7-9-14(27-2)10-8-13/h3-12H,1-2H3,(H,22,25). The summed E-state index contributed by atoms with van der Waals surface area (Å²) in [6.07, 6.45) is 1.40. The van der Waals surface area contributed by atoms with Crippen molar-refractivity contribution in [2.75, 3.05) is 12.4 Å². The molecule has 0 aliphatic heterocycles. The number of benzene rings is 2. The van der Waals surface area contributed by atoms with Crippen LogP contribution in [0.25, 0.3) is 11.3 Å². The average Bonchev–Trinajstić information content (AvgIpc) is 2.69. The summed E-state index contributed by atoms with van der Waals surface area (Å²) in [6, 6.07) is 11.8. The Morgan fingerprint density at radius 2 is 1.89 bits per heavy atom. The van der Waals surface area contributed by atoms with Crippen molar-refractivity contribution in [2.24, 2.45) is 0 Å². The van der Waals surface area contributed by atoms with Crippen LogP contribution in [0.2, 0.25) is 0 Å². The minimum absolute atomic E-state index is 0.0326. The molecule has 1 N–H and O–H groups in total. The molecule has 3 aromatic rings. The normalized spacial score (nSPS) is 11.7. The molecular formula is C19H17FN4O3. The largest absolute Gasteiger partial charge is 0.497 e. The van der Waals surface area contributed by atoms with Crippen LogP contribution < -0.4 is 15.7 Å². The third kappa shape index (κ3) is 4.00. The summed E-state index contributed by atoms with van der Waals surface area (Å²) in [5, 5.41) is 6.48. The monoisotopic (exact) mass is 368 g/mol. The zero-order valence-electron chi connectivity index (χ0n) is 14.7.